The second kappa shape index (κ2) is 5.34. The van der Waals surface area contributed by atoms with E-state index in [-0.39, 0.29) is 12.0 Å². The fraction of sp³-hybridized carbons (Fsp3) is 0.455. The molecule has 0 N–H and O–H groups in total. The molecule has 1 atom stereocenters. The van der Waals surface area contributed by atoms with Crippen molar-refractivity contribution in [2.45, 2.75) is 19.9 Å². The molecule has 0 saturated heterocycles. The largest absolute Gasteiger partial charge is 0.462 e. The van der Waals surface area contributed by atoms with Crippen LogP contribution in [0.2, 0.25) is 0 Å². The Bertz CT molecular complexity index is 319. The summed E-state index contributed by atoms with van der Waals surface area (Å²) in [4.78, 5) is 17.3. The Labute approximate surface area is 89.9 Å². The Morgan fingerprint density at radius 2 is 2.47 bits per heavy atom. The van der Waals surface area contributed by atoms with Crippen LogP contribution in [-0.4, -0.2) is 36.9 Å². The predicted molar refractivity (Wildman–Crippen MR) is 59.6 cm³/mol. The summed E-state index contributed by atoms with van der Waals surface area (Å²) in [7, 11) is 1.71. The molecule has 1 aliphatic rings. The standard InChI is InChI=1S/C11H16N2O2/c1-4-15-11(14)10-5-6-13(8-12-3)9(2)7-10/h5-9H,4H2,1-3H3. The molecule has 1 unspecified atom stereocenters. The number of ether oxygens (including phenoxy) is 1. The van der Waals surface area contributed by atoms with Crippen LogP contribution >= 0.6 is 0 Å². The summed E-state index contributed by atoms with van der Waals surface area (Å²) in [6, 6.07) is 0.123. The van der Waals surface area contributed by atoms with Crippen molar-refractivity contribution in [3.05, 3.63) is 23.9 Å². The van der Waals surface area contributed by atoms with Crippen molar-refractivity contribution in [1.82, 2.24) is 4.90 Å². The van der Waals surface area contributed by atoms with E-state index >= 15 is 0 Å². The zero-order valence-electron chi connectivity index (χ0n) is 9.30. The molecule has 0 aliphatic carbocycles. The first-order valence-electron chi connectivity index (χ1n) is 4.96. The van der Waals surface area contributed by atoms with Gasteiger partial charge in [0.05, 0.1) is 24.6 Å². The fourth-order valence-electron chi connectivity index (χ4n) is 1.33. The van der Waals surface area contributed by atoms with E-state index in [2.05, 4.69) is 4.99 Å². The quantitative estimate of drug-likeness (QED) is 0.399. The molecule has 0 aromatic rings. The highest BCUT2D eigenvalue weighted by Crippen LogP contribution is 2.13. The Hall–Kier alpha value is -1.58. The molecule has 0 aromatic carbocycles. The Morgan fingerprint density at radius 3 is 3.00 bits per heavy atom. The maximum atomic E-state index is 11.4. The van der Waals surface area contributed by atoms with Crippen molar-refractivity contribution < 1.29 is 9.53 Å². The number of aliphatic imine (C=N–C) groups is 1. The summed E-state index contributed by atoms with van der Waals surface area (Å²) in [6.07, 6.45) is 7.14. The third kappa shape index (κ3) is 2.94. The van der Waals surface area contributed by atoms with E-state index in [0.717, 1.165) is 0 Å². The van der Waals surface area contributed by atoms with Gasteiger partial charge < -0.3 is 9.64 Å². The number of esters is 1. The van der Waals surface area contributed by atoms with Gasteiger partial charge in [-0.05, 0) is 26.0 Å². The molecule has 1 rings (SSSR count). The Kier molecular flexibility index (Phi) is 4.09. The molecule has 4 nitrogen and oxygen atoms in total. The van der Waals surface area contributed by atoms with E-state index in [9.17, 15) is 4.79 Å². The molecule has 0 saturated carbocycles. The van der Waals surface area contributed by atoms with Crippen molar-refractivity contribution in [3.63, 3.8) is 0 Å². The third-order valence-electron chi connectivity index (χ3n) is 2.08. The van der Waals surface area contributed by atoms with E-state index < -0.39 is 0 Å². The molecule has 0 radical (unpaired) electrons. The lowest BCUT2D eigenvalue weighted by atomic mass is 10.1. The minimum atomic E-state index is -0.270. The van der Waals surface area contributed by atoms with Crippen molar-refractivity contribution >= 4 is 12.3 Å². The van der Waals surface area contributed by atoms with Crippen LogP contribution in [0.4, 0.5) is 0 Å². The first-order valence-corrected chi connectivity index (χ1v) is 4.96. The van der Waals surface area contributed by atoms with Gasteiger partial charge >= 0.3 is 5.97 Å². The topological polar surface area (TPSA) is 41.9 Å². The van der Waals surface area contributed by atoms with E-state index in [1.54, 1.807) is 26.4 Å². The van der Waals surface area contributed by atoms with Gasteiger partial charge in [0, 0.05) is 13.2 Å². The van der Waals surface area contributed by atoms with Gasteiger partial charge in [-0.15, -0.1) is 0 Å². The first-order chi connectivity index (χ1) is 7.19. The SMILES string of the molecule is CCOC(=O)C1=CC(C)N(C=NC)C=C1. The third-order valence-corrected chi connectivity index (χ3v) is 2.08. The molecular formula is C11H16N2O2. The predicted octanol–water partition coefficient (Wildman–Crippen LogP) is 1.35. The average Bonchev–Trinajstić information content (AvgIpc) is 2.21. The van der Waals surface area contributed by atoms with Gasteiger partial charge in [-0.1, -0.05) is 0 Å². The van der Waals surface area contributed by atoms with Crippen molar-refractivity contribution in [2.75, 3.05) is 13.7 Å². The lowest BCUT2D eigenvalue weighted by molar-refractivity contribution is -0.138. The highest BCUT2D eigenvalue weighted by atomic mass is 16.5. The summed E-state index contributed by atoms with van der Waals surface area (Å²) in [5.74, 6) is -0.270. The van der Waals surface area contributed by atoms with Gasteiger partial charge in [0.2, 0.25) is 0 Å². The summed E-state index contributed by atoms with van der Waals surface area (Å²) in [5, 5.41) is 0. The lowest BCUT2D eigenvalue weighted by Crippen LogP contribution is -2.28. The number of hydrogen-bond donors (Lipinski definition) is 0. The van der Waals surface area contributed by atoms with Crippen LogP contribution in [0.1, 0.15) is 13.8 Å². The maximum absolute atomic E-state index is 11.4. The molecule has 0 aromatic heterocycles. The molecular weight excluding hydrogens is 192 g/mol. The minimum Gasteiger partial charge on any atom is -0.462 e. The molecule has 1 aliphatic heterocycles. The van der Waals surface area contributed by atoms with Crippen LogP contribution in [0, 0.1) is 0 Å². The molecule has 4 heteroatoms. The van der Waals surface area contributed by atoms with E-state index in [1.807, 2.05) is 24.1 Å². The summed E-state index contributed by atoms with van der Waals surface area (Å²) < 4.78 is 4.91. The molecule has 0 bridgehead atoms. The second-order valence-electron chi connectivity index (χ2n) is 3.22. The van der Waals surface area contributed by atoms with E-state index in [4.69, 9.17) is 4.74 Å². The van der Waals surface area contributed by atoms with Gasteiger partial charge in [0.15, 0.2) is 0 Å². The van der Waals surface area contributed by atoms with Gasteiger partial charge in [-0.2, -0.15) is 0 Å². The average molecular weight is 208 g/mol. The molecule has 0 spiro atoms. The zero-order chi connectivity index (χ0) is 11.3. The van der Waals surface area contributed by atoms with Crippen LogP contribution in [0.25, 0.3) is 0 Å². The lowest BCUT2D eigenvalue weighted by Gasteiger charge is -2.24. The van der Waals surface area contributed by atoms with Gasteiger partial charge in [-0.25, -0.2) is 4.79 Å². The molecule has 0 amide bonds. The fourth-order valence-corrected chi connectivity index (χ4v) is 1.33. The monoisotopic (exact) mass is 208 g/mol. The molecule has 15 heavy (non-hydrogen) atoms. The van der Waals surface area contributed by atoms with Crippen LogP contribution in [0.3, 0.4) is 0 Å². The first kappa shape index (κ1) is 11.5. The van der Waals surface area contributed by atoms with Gasteiger partial charge in [0.1, 0.15) is 0 Å². The van der Waals surface area contributed by atoms with Crippen molar-refractivity contribution in [1.29, 1.82) is 0 Å². The maximum Gasteiger partial charge on any atom is 0.337 e. The summed E-state index contributed by atoms with van der Waals surface area (Å²) in [6.45, 7) is 4.19. The van der Waals surface area contributed by atoms with Crippen LogP contribution in [0.15, 0.2) is 28.9 Å². The number of carbonyl (C=O) groups is 1. The highest BCUT2D eigenvalue weighted by Gasteiger charge is 2.16. The summed E-state index contributed by atoms with van der Waals surface area (Å²) in [5.41, 5.74) is 0.602. The van der Waals surface area contributed by atoms with E-state index in [0.29, 0.717) is 12.2 Å². The van der Waals surface area contributed by atoms with E-state index in [1.165, 1.54) is 0 Å². The van der Waals surface area contributed by atoms with Crippen molar-refractivity contribution in [2.24, 2.45) is 4.99 Å². The Morgan fingerprint density at radius 1 is 1.73 bits per heavy atom. The highest BCUT2D eigenvalue weighted by molar-refractivity contribution is 5.92. The number of rotatable bonds is 3. The minimum absolute atomic E-state index is 0.123. The molecule has 1 heterocycles. The van der Waals surface area contributed by atoms with Crippen LogP contribution < -0.4 is 0 Å². The zero-order valence-corrected chi connectivity index (χ0v) is 9.30. The van der Waals surface area contributed by atoms with Crippen LogP contribution in [-0.2, 0) is 9.53 Å². The number of hydrogen-bond acceptors (Lipinski definition) is 3. The van der Waals surface area contributed by atoms with Gasteiger partial charge in [-0.3, -0.25) is 4.99 Å². The molecule has 82 valence electrons. The second-order valence-corrected chi connectivity index (χ2v) is 3.22. The molecule has 0 fully saturated rings. The summed E-state index contributed by atoms with van der Waals surface area (Å²) >= 11 is 0. The number of carbonyl (C=O) groups excluding carboxylic acids is 1. The smallest absolute Gasteiger partial charge is 0.337 e. The van der Waals surface area contributed by atoms with Gasteiger partial charge in [0.25, 0.3) is 0 Å². The van der Waals surface area contributed by atoms with Crippen LogP contribution in [0.5, 0.6) is 0 Å². The van der Waals surface area contributed by atoms with Crippen molar-refractivity contribution in [3.8, 4) is 0 Å². The Balaban J connectivity index is 2.70. The number of nitrogens with zero attached hydrogens (tertiary/aromatic N) is 2. The normalized spacial score (nSPS) is 20.6.